The highest BCUT2D eigenvalue weighted by Gasteiger charge is 2.11. The van der Waals surface area contributed by atoms with Crippen LogP contribution in [0.15, 0.2) is 30.6 Å². The Bertz CT molecular complexity index is 532. The fraction of sp³-hybridized carbons (Fsp3) is 0.357. The van der Waals surface area contributed by atoms with Crippen LogP contribution in [0.2, 0.25) is 0 Å². The van der Waals surface area contributed by atoms with Gasteiger partial charge >= 0.3 is 0 Å². The van der Waals surface area contributed by atoms with E-state index in [1.807, 2.05) is 25.3 Å². The van der Waals surface area contributed by atoms with Gasteiger partial charge < -0.3 is 14.4 Å². The Hall–Kier alpha value is -1.97. The lowest BCUT2D eigenvalue weighted by molar-refractivity contribution is 0.318. The summed E-state index contributed by atoms with van der Waals surface area (Å²) in [6.45, 7) is 6.63. The van der Waals surface area contributed by atoms with E-state index >= 15 is 0 Å². The number of rotatable bonds is 4. The SMILES string of the molecule is CCOc1cc(-c2nccn2C(C)C)ccc1O. The maximum absolute atomic E-state index is 9.69. The predicted octanol–water partition coefficient (Wildman–Crippen LogP) is 3.24. The molecular weight excluding hydrogens is 228 g/mol. The molecule has 0 atom stereocenters. The molecule has 0 radical (unpaired) electrons. The van der Waals surface area contributed by atoms with Crippen molar-refractivity contribution in [1.82, 2.24) is 9.55 Å². The van der Waals surface area contributed by atoms with Crippen molar-refractivity contribution < 1.29 is 9.84 Å². The smallest absolute Gasteiger partial charge is 0.161 e. The van der Waals surface area contributed by atoms with Crippen LogP contribution in [0, 0.1) is 0 Å². The van der Waals surface area contributed by atoms with Crippen LogP contribution in [-0.4, -0.2) is 21.3 Å². The van der Waals surface area contributed by atoms with Crippen molar-refractivity contribution in [3.05, 3.63) is 30.6 Å². The van der Waals surface area contributed by atoms with Crippen LogP contribution in [0.3, 0.4) is 0 Å². The fourth-order valence-electron chi connectivity index (χ4n) is 1.88. The number of imidazole rings is 1. The molecule has 18 heavy (non-hydrogen) atoms. The molecule has 1 N–H and O–H groups in total. The maximum atomic E-state index is 9.69. The van der Waals surface area contributed by atoms with Gasteiger partial charge in [-0.15, -0.1) is 0 Å². The Morgan fingerprint density at radius 3 is 2.83 bits per heavy atom. The molecule has 2 rings (SSSR count). The first-order valence-corrected chi connectivity index (χ1v) is 6.12. The van der Waals surface area contributed by atoms with Crippen molar-refractivity contribution in [2.45, 2.75) is 26.8 Å². The van der Waals surface area contributed by atoms with Gasteiger partial charge in [0, 0.05) is 24.0 Å². The van der Waals surface area contributed by atoms with Crippen LogP contribution in [0.4, 0.5) is 0 Å². The van der Waals surface area contributed by atoms with Gasteiger partial charge in [-0.25, -0.2) is 4.98 Å². The van der Waals surface area contributed by atoms with Crippen molar-refractivity contribution in [2.75, 3.05) is 6.61 Å². The number of aromatic hydroxyl groups is 1. The van der Waals surface area contributed by atoms with E-state index in [1.165, 1.54) is 0 Å². The van der Waals surface area contributed by atoms with Crippen molar-refractivity contribution in [1.29, 1.82) is 0 Å². The molecule has 0 bridgehead atoms. The molecule has 0 saturated carbocycles. The van der Waals surface area contributed by atoms with Gasteiger partial charge in [0.15, 0.2) is 11.5 Å². The van der Waals surface area contributed by atoms with Gasteiger partial charge in [0.2, 0.25) is 0 Å². The summed E-state index contributed by atoms with van der Waals surface area (Å²) < 4.78 is 7.47. The quantitative estimate of drug-likeness (QED) is 0.900. The molecule has 0 aliphatic carbocycles. The van der Waals surface area contributed by atoms with Gasteiger partial charge in [-0.3, -0.25) is 0 Å². The Morgan fingerprint density at radius 2 is 2.17 bits per heavy atom. The van der Waals surface area contributed by atoms with Crippen LogP contribution >= 0.6 is 0 Å². The number of hydrogen-bond acceptors (Lipinski definition) is 3. The van der Waals surface area contributed by atoms with Crippen LogP contribution in [0.1, 0.15) is 26.8 Å². The lowest BCUT2D eigenvalue weighted by Gasteiger charge is -2.13. The molecule has 0 saturated heterocycles. The first-order chi connectivity index (χ1) is 8.63. The van der Waals surface area contributed by atoms with Crippen LogP contribution in [0.25, 0.3) is 11.4 Å². The van der Waals surface area contributed by atoms with Crippen molar-refractivity contribution in [3.8, 4) is 22.9 Å². The lowest BCUT2D eigenvalue weighted by atomic mass is 10.2. The molecular formula is C14H18N2O2. The minimum absolute atomic E-state index is 0.156. The van der Waals surface area contributed by atoms with Crippen LogP contribution < -0.4 is 4.74 Å². The number of phenolic OH excluding ortho intramolecular Hbond substituents is 1. The number of hydrogen-bond donors (Lipinski definition) is 1. The van der Waals surface area contributed by atoms with E-state index in [0.29, 0.717) is 18.4 Å². The van der Waals surface area contributed by atoms with Gasteiger partial charge in [0.25, 0.3) is 0 Å². The fourth-order valence-corrected chi connectivity index (χ4v) is 1.88. The topological polar surface area (TPSA) is 47.3 Å². The van der Waals surface area contributed by atoms with Gasteiger partial charge in [-0.2, -0.15) is 0 Å². The minimum Gasteiger partial charge on any atom is -0.504 e. The third-order valence-electron chi connectivity index (χ3n) is 2.74. The normalized spacial score (nSPS) is 10.9. The second kappa shape index (κ2) is 5.12. The summed E-state index contributed by atoms with van der Waals surface area (Å²) >= 11 is 0. The molecule has 4 heteroatoms. The molecule has 0 aliphatic rings. The third-order valence-corrected chi connectivity index (χ3v) is 2.74. The number of nitrogens with zero attached hydrogens (tertiary/aromatic N) is 2. The molecule has 1 aromatic carbocycles. The summed E-state index contributed by atoms with van der Waals surface area (Å²) in [4.78, 5) is 4.36. The Labute approximate surface area is 107 Å². The summed E-state index contributed by atoms with van der Waals surface area (Å²) in [5.41, 5.74) is 0.940. The van der Waals surface area contributed by atoms with E-state index in [1.54, 1.807) is 12.3 Å². The summed E-state index contributed by atoms with van der Waals surface area (Å²) in [6, 6.07) is 5.64. The van der Waals surface area contributed by atoms with E-state index in [2.05, 4.69) is 23.4 Å². The van der Waals surface area contributed by atoms with Gasteiger partial charge in [0.05, 0.1) is 6.61 Å². The third kappa shape index (κ3) is 2.32. The molecule has 0 unspecified atom stereocenters. The monoisotopic (exact) mass is 246 g/mol. The second-order valence-corrected chi connectivity index (χ2v) is 4.37. The van der Waals surface area contributed by atoms with E-state index in [-0.39, 0.29) is 5.75 Å². The molecule has 1 heterocycles. The average molecular weight is 246 g/mol. The zero-order chi connectivity index (χ0) is 13.1. The molecule has 2 aromatic rings. The van der Waals surface area contributed by atoms with Crippen LogP contribution in [0.5, 0.6) is 11.5 Å². The summed E-state index contributed by atoms with van der Waals surface area (Å²) in [5, 5.41) is 9.69. The minimum atomic E-state index is 0.156. The molecule has 0 spiro atoms. The van der Waals surface area contributed by atoms with Gasteiger partial charge in [0.1, 0.15) is 5.82 Å². The zero-order valence-corrected chi connectivity index (χ0v) is 10.9. The highest BCUT2D eigenvalue weighted by atomic mass is 16.5. The van der Waals surface area contributed by atoms with E-state index in [0.717, 1.165) is 11.4 Å². The maximum Gasteiger partial charge on any atom is 0.161 e. The number of ether oxygens (including phenoxy) is 1. The Morgan fingerprint density at radius 1 is 1.39 bits per heavy atom. The van der Waals surface area contributed by atoms with Crippen molar-refractivity contribution in [3.63, 3.8) is 0 Å². The number of phenols is 1. The summed E-state index contributed by atoms with van der Waals surface area (Å²) in [7, 11) is 0. The molecule has 0 amide bonds. The average Bonchev–Trinajstić information content (AvgIpc) is 2.81. The van der Waals surface area contributed by atoms with Crippen molar-refractivity contribution in [2.24, 2.45) is 0 Å². The summed E-state index contributed by atoms with van der Waals surface area (Å²) in [6.07, 6.45) is 3.73. The van der Waals surface area contributed by atoms with Crippen LogP contribution in [-0.2, 0) is 0 Å². The molecule has 0 fully saturated rings. The van der Waals surface area contributed by atoms with E-state index in [9.17, 15) is 5.11 Å². The Kier molecular flexibility index (Phi) is 3.55. The molecule has 4 nitrogen and oxygen atoms in total. The second-order valence-electron chi connectivity index (χ2n) is 4.37. The standard InChI is InChI=1S/C14H18N2O2/c1-4-18-13-9-11(5-6-12(13)17)14-15-7-8-16(14)10(2)3/h5-10,17H,4H2,1-3H3. The highest BCUT2D eigenvalue weighted by molar-refractivity contribution is 5.61. The predicted molar refractivity (Wildman–Crippen MR) is 70.9 cm³/mol. The first kappa shape index (κ1) is 12.5. The number of aromatic nitrogens is 2. The van der Waals surface area contributed by atoms with E-state index < -0.39 is 0 Å². The highest BCUT2D eigenvalue weighted by Crippen LogP contribution is 2.31. The van der Waals surface area contributed by atoms with Gasteiger partial charge in [-0.1, -0.05) is 0 Å². The van der Waals surface area contributed by atoms with Gasteiger partial charge in [-0.05, 0) is 39.0 Å². The zero-order valence-electron chi connectivity index (χ0n) is 10.9. The largest absolute Gasteiger partial charge is 0.504 e. The molecule has 0 aliphatic heterocycles. The lowest BCUT2D eigenvalue weighted by Crippen LogP contribution is -2.02. The molecule has 96 valence electrons. The summed E-state index contributed by atoms with van der Waals surface area (Å²) in [5.74, 6) is 1.53. The van der Waals surface area contributed by atoms with E-state index in [4.69, 9.17) is 4.74 Å². The van der Waals surface area contributed by atoms with Crippen molar-refractivity contribution >= 4 is 0 Å². The molecule has 1 aromatic heterocycles. The number of benzene rings is 1. The Balaban J connectivity index is 2.44. The first-order valence-electron chi connectivity index (χ1n) is 6.12.